The van der Waals surface area contributed by atoms with Gasteiger partial charge in [0, 0.05) is 31.2 Å². The van der Waals surface area contributed by atoms with Crippen LogP contribution in [0.3, 0.4) is 0 Å². The van der Waals surface area contributed by atoms with E-state index in [9.17, 15) is 4.79 Å². The van der Waals surface area contributed by atoms with E-state index in [1.54, 1.807) is 6.07 Å². The first-order valence-corrected chi connectivity index (χ1v) is 10.4. The van der Waals surface area contributed by atoms with Gasteiger partial charge in [0.25, 0.3) is 5.91 Å². The van der Waals surface area contributed by atoms with Gasteiger partial charge in [0.1, 0.15) is 5.75 Å². The van der Waals surface area contributed by atoms with E-state index in [0.29, 0.717) is 10.8 Å². The third-order valence-corrected chi connectivity index (χ3v) is 5.40. The van der Waals surface area contributed by atoms with Crippen molar-refractivity contribution in [1.82, 2.24) is 4.90 Å². The largest absolute Gasteiger partial charge is 0.484 e. The highest BCUT2D eigenvalue weighted by Gasteiger charge is 2.19. The van der Waals surface area contributed by atoms with Crippen molar-refractivity contribution in [2.45, 2.75) is 26.2 Å². The van der Waals surface area contributed by atoms with Crippen LogP contribution < -0.4 is 15.0 Å². The Bertz CT molecular complexity index is 838. The van der Waals surface area contributed by atoms with Crippen LogP contribution in [-0.2, 0) is 10.2 Å². The number of carbonyl (C=O) groups is 1. The van der Waals surface area contributed by atoms with E-state index in [1.165, 1.54) is 5.56 Å². The molecular formula is C23H30ClN3O2. The van der Waals surface area contributed by atoms with Gasteiger partial charge in [-0.2, -0.15) is 0 Å². The number of amides is 1. The van der Waals surface area contributed by atoms with E-state index < -0.39 is 0 Å². The summed E-state index contributed by atoms with van der Waals surface area (Å²) >= 11 is 6.18. The molecule has 2 aromatic rings. The lowest BCUT2D eigenvalue weighted by Gasteiger charge is -2.35. The molecular weight excluding hydrogens is 386 g/mol. The van der Waals surface area contributed by atoms with Crippen LogP contribution in [0.4, 0.5) is 11.4 Å². The lowest BCUT2D eigenvalue weighted by atomic mass is 9.87. The second kappa shape index (κ2) is 9.06. The molecule has 2 aromatic carbocycles. The Hall–Kier alpha value is -2.24. The molecule has 0 aliphatic carbocycles. The molecule has 1 aliphatic rings. The van der Waals surface area contributed by atoms with Crippen LogP contribution in [0.1, 0.15) is 26.3 Å². The van der Waals surface area contributed by atoms with Crippen LogP contribution in [-0.4, -0.2) is 50.6 Å². The predicted octanol–water partition coefficient (Wildman–Crippen LogP) is 4.41. The van der Waals surface area contributed by atoms with Gasteiger partial charge < -0.3 is 19.9 Å². The Balaban J connectivity index is 1.62. The number of benzene rings is 2. The highest BCUT2D eigenvalue weighted by molar-refractivity contribution is 6.31. The number of hydrogen-bond acceptors (Lipinski definition) is 4. The van der Waals surface area contributed by atoms with E-state index in [-0.39, 0.29) is 17.9 Å². The van der Waals surface area contributed by atoms with Gasteiger partial charge in [-0.1, -0.05) is 44.5 Å². The second-order valence-electron chi connectivity index (χ2n) is 8.56. The first kappa shape index (κ1) is 21.5. The standard InChI is InChI=1S/C23H30ClN3O2/c1-23(2,3)17-5-8-19(9-6-17)29-16-22(28)25-20-15-18(24)7-10-21(20)27-13-11-26(4)12-14-27/h5-10,15H,11-14,16H2,1-4H3,(H,25,28). The van der Waals surface area contributed by atoms with E-state index in [1.807, 2.05) is 36.4 Å². The lowest BCUT2D eigenvalue weighted by molar-refractivity contribution is -0.118. The summed E-state index contributed by atoms with van der Waals surface area (Å²) in [7, 11) is 2.12. The number of hydrogen-bond donors (Lipinski definition) is 1. The summed E-state index contributed by atoms with van der Waals surface area (Å²) < 4.78 is 5.67. The highest BCUT2D eigenvalue weighted by atomic mass is 35.5. The molecule has 0 saturated carbocycles. The lowest BCUT2D eigenvalue weighted by Crippen LogP contribution is -2.44. The van der Waals surface area contributed by atoms with E-state index in [4.69, 9.17) is 16.3 Å². The molecule has 0 spiro atoms. The van der Waals surface area contributed by atoms with Crippen LogP contribution in [0.2, 0.25) is 5.02 Å². The Morgan fingerprint density at radius 2 is 1.72 bits per heavy atom. The van der Waals surface area contributed by atoms with E-state index in [2.05, 4.69) is 42.9 Å². The van der Waals surface area contributed by atoms with Crippen molar-refractivity contribution >= 4 is 28.9 Å². The maximum Gasteiger partial charge on any atom is 0.262 e. The van der Waals surface area contributed by atoms with Gasteiger partial charge in [-0.05, 0) is 48.4 Å². The summed E-state index contributed by atoms with van der Waals surface area (Å²) in [6.07, 6.45) is 0. The van der Waals surface area contributed by atoms with Crippen LogP contribution in [0, 0.1) is 0 Å². The number of rotatable bonds is 5. The normalized spacial score (nSPS) is 15.3. The summed E-state index contributed by atoms with van der Waals surface area (Å²) in [5, 5.41) is 3.56. The number of likely N-dealkylation sites (N-methyl/N-ethyl adjacent to an activating group) is 1. The summed E-state index contributed by atoms with van der Waals surface area (Å²) in [5.41, 5.74) is 3.02. The Morgan fingerprint density at radius 1 is 1.07 bits per heavy atom. The summed E-state index contributed by atoms with van der Waals surface area (Å²) in [4.78, 5) is 17.1. The molecule has 1 aliphatic heterocycles. The molecule has 29 heavy (non-hydrogen) atoms. The maximum atomic E-state index is 12.5. The van der Waals surface area contributed by atoms with Gasteiger partial charge in [0.15, 0.2) is 6.61 Å². The SMILES string of the molecule is CN1CCN(c2ccc(Cl)cc2NC(=O)COc2ccc(C(C)(C)C)cc2)CC1. The molecule has 156 valence electrons. The number of ether oxygens (including phenoxy) is 1. The monoisotopic (exact) mass is 415 g/mol. The summed E-state index contributed by atoms with van der Waals surface area (Å²) in [6.45, 7) is 10.3. The molecule has 1 N–H and O–H groups in total. The minimum absolute atomic E-state index is 0.0520. The summed E-state index contributed by atoms with van der Waals surface area (Å²) in [5.74, 6) is 0.473. The fourth-order valence-corrected chi connectivity index (χ4v) is 3.49. The molecule has 1 saturated heterocycles. The highest BCUT2D eigenvalue weighted by Crippen LogP contribution is 2.30. The number of nitrogens with one attached hydrogen (secondary N) is 1. The first-order chi connectivity index (χ1) is 13.7. The molecule has 6 heteroatoms. The van der Waals surface area contributed by atoms with Crippen molar-refractivity contribution < 1.29 is 9.53 Å². The Morgan fingerprint density at radius 3 is 2.34 bits per heavy atom. The zero-order chi connectivity index (χ0) is 21.0. The van der Waals surface area contributed by atoms with Crippen LogP contribution in [0.5, 0.6) is 5.75 Å². The Kier molecular flexibility index (Phi) is 6.70. The summed E-state index contributed by atoms with van der Waals surface area (Å²) in [6, 6.07) is 13.5. The number of halogens is 1. The maximum absolute atomic E-state index is 12.5. The Labute approximate surface area is 178 Å². The molecule has 1 heterocycles. The smallest absolute Gasteiger partial charge is 0.262 e. The molecule has 0 bridgehead atoms. The van der Waals surface area contributed by atoms with Crippen molar-refractivity contribution in [2.24, 2.45) is 0 Å². The molecule has 5 nitrogen and oxygen atoms in total. The number of carbonyl (C=O) groups excluding carboxylic acids is 1. The second-order valence-corrected chi connectivity index (χ2v) is 9.00. The molecule has 0 unspecified atom stereocenters. The predicted molar refractivity (Wildman–Crippen MR) is 120 cm³/mol. The minimum atomic E-state index is -0.206. The van der Waals surface area contributed by atoms with Crippen LogP contribution in [0.15, 0.2) is 42.5 Å². The van der Waals surface area contributed by atoms with Crippen molar-refractivity contribution in [3.05, 3.63) is 53.1 Å². The number of nitrogens with zero attached hydrogens (tertiary/aromatic N) is 2. The minimum Gasteiger partial charge on any atom is -0.484 e. The number of anilines is 2. The molecule has 0 radical (unpaired) electrons. The van der Waals surface area contributed by atoms with Crippen molar-refractivity contribution in [2.75, 3.05) is 50.1 Å². The van der Waals surface area contributed by atoms with Gasteiger partial charge in [0.05, 0.1) is 11.4 Å². The zero-order valence-corrected chi connectivity index (χ0v) is 18.4. The van der Waals surface area contributed by atoms with Gasteiger partial charge >= 0.3 is 0 Å². The van der Waals surface area contributed by atoms with Crippen LogP contribution >= 0.6 is 11.6 Å². The van der Waals surface area contributed by atoms with Gasteiger partial charge in [-0.15, -0.1) is 0 Å². The molecule has 1 amide bonds. The molecule has 0 aromatic heterocycles. The third-order valence-electron chi connectivity index (χ3n) is 5.17. The number of piperazine rings is 1. The van der Waals surface area contributed by atoms with Crippen molar-refractivity contribution in [3.63, 3.8) is 0 Å². The fourth-order valence-electron chi connectivity index (χ4n) is 3.32. The molecule has 1 fully saturated rings. The molecule has 0 atom stereocenters. The van der Waals surface area contributed by atoms with Gasteiger partial charge in [0.2, 0.25) is 0 Å². The van der Waals surface area contributed by atoms with Gasteiger partial charge in [-0.25, -0.2) is 0 Å². The van der Waals surface area contributed by atoms with Crippen LogP contribution in [0.25, 0.3) is 0 Å². The fraction of sp³-hybridized carbons (Fsp3) is 0.435. The van der Waals surface area contributed by atoms with E-state index in [0.717, 1.165) is 37.6 Å². The van der Waals surface area contributed by atoms with Crippen molar-refractivity contribution in [1.29, 1.82) is 0 Å². The van der Waals surface area contributed by atoms with Crippen molar-refractivity contribution in [3.8, 4) is 5.75 Å². The quantitative estimate of drug-likeness (QED) is 0.785. The molecule has 3 rings (SSSR count). The van der Waals surface area contributed by atoms with E-state index >= 15 is 0 Å². The average Bonchev–Trinajstić information content (AvgIpc) is 2.67. The first-order valence-electron chi connectivity index (χ1n) is 9.98. The zero-order valence-electron chi connectivity index (χ0n) is 17.7. The topological polar surface area (TPSA) is 44.8 Å². The van der Waals surface area contributed by atoms with Gasteiger partial charge in [-0.3, -0.25) is 4.79 Å². The average molecular weight is 416 g/mol. The third kappa shape index (κ3) is 5.87.